The molecule has 0 saturated carbocycles. The van der Waals surface area contributed by atoms with Gasteiger partial charge in [0.2, 0.25) is 5.91 Å². The predicted octanol–water partition coefficient (Wildman–Crippen LogP) is 3.52. The Labute approximate surface area is 227 Å². The molecule has 3 heterocycles. The third-order valence-corrected chi connectivity index (χ3v) is 7.51. The fraction of sp³-hybridized carbons (Fsp3) is 0.600. The van der Waals surface area contributed by atoms with E-state index in [1.807, 2.05) is 34.1 Å². The topological polar surface area (TPSA) is 76.0 Å². The molecule has 1 aromatic heterocycles. The van der Waals surface area contributed by atoms with Crippen molar-refractivity contribution in [1.82, 2.24) is 19.7 Å². The summed E-state index contributed by atoms with van der Waals surface area (Å²) in [4.78, 5) is 31.5. The average Bonchev–Trinajstić information content (AvgIpc) is 3.38. The highest BCUT2D eigenvalue weighted by atomic mass is 16.5. The quantitative estimate of drug-likeness (QED) is 0.456. The molecule has 2 amide bonds. The van der Waals surface area contributed by atoms with Crippen LogP contribution in [0.5, 0.6) is 0 Å². The van der Waals surface area contributed by atoms with Crippen LogP contribution in [0.4, 0.5) is 0 Å². The van der Waals surface area contributed by atoms with Crippen molar-refractivity contribution in [2.24, 2.45) is 11.8 Å². The molecule has 208 valence electrons. The summed E-state index contributed by atoms with van der Waals surface area (Å²) >= 11 is 0. The van der Waals surface area contributed by atoms with Gasteiger partial charge in [-0.2, -0.15) is 0 Å². The number of ether oxygens (including phenoxy) is 2. The number of methoxy groups -OCH3 is 1. The Hall–Kier alpha value is -2.68. The Morgan fingerprint density at radius 3 is 2.55 bits per heavy atom. The highest BCUT2D eigenvalue weighted by molar-refractivity contribution is 5.94. The highest BCUT2D eigenvalue weighted by Gasteiger charge is 2.36. The van der Waals surface area contributed by atoms with E-state index < -0.39 is 0 Å². The first kappa shape index (κ1) is 28.3. The van der Waals surface area contributed by atoms with Crippen molar-refractivity contribution >= 4 is 11.8 Å². The third-order valence-electron chi connectivity index (χ3n) is 7.51. The van der Waals surface area contributed by atoms with E-state index in [9.17, 15) is 9.59 Å². The maximum Gasteiger partial charge on any atom is 0.270 e. The summed E-state index contributed by atoms with van der Waals surface area (Å²) in [6.45, 7) is 10.2. The van der Waals surface area contributed by atoms with Crippen molar-refractivity contribution in [1.29, 1.82) is 0 Å². The molecule has 2 atom stereocenters. The minimum Gasteiger partial charge on any atom is -0.385 e. The van der Waals surface area contributed by atoms with Gasteiger partial charge in [-0.25, -0.2) is 0 Å². The highest BCUT2D eigenvalue weighted by Crippen LogP contribution is 2.27. The smallest absolute Gasteiger partial charge is 0.270 e. The maximum absolute atomic E-state index is 14.3. The number of piperidine rings is 1. The third kappa shape index (κ3) is 7.04. The molecular weight excluding hydrogens is 480 g/mol. The second-order valence-electron chi connectivity index (χ2n) is 10.9. The molecule has 0 aliphatic carbocycles. The lowest BCUT2D eigenvalue weighted by molar-refractivity contribution is -0.140. The van der Waals surface area contributed by atoms with Crippen LogP contribution >= 0.6 is 0 Å². The van der Waals surface area contributed by atoms with Crippen LogP contribution in [0.15, 0.2) is 42.5 Å². The fourth-order valence-electron chi connectivity index (χ4n) is 5.60. The van der Waals surface area contributed by atoms with Gasteiger partial charge in [-0.05, 0) is 42.9 Å². The largest absolute Gasteiger partial charge is 0.385 e. The van der Waals surface area contributed by atoms with Crippen LogP contribution in [0.25, 0.3) is 11.3 Å². The summed E-state index contributed by atoms with van der Waals surface area (Å²) in [7, 11) is 1.72. The van der Waals surface area contributed by atoms with Crippen LogP contribution in [0.2, 0.25) is 0 Å². The fourth-order valence-corrected chi connectivity index (χ4v) is 5.60. The van der Waals surface area contributed by atoms with E-state index in [2.05, 4.69) is 41.9 Å². The molecule has 4 rings (SSSR count). The SMILES string of the molecule is COCCCCn1c(C(=O)N(CC(C)C)C2CNCC(C(=O)N3CCOCC3)C2)ccc1-c1ccccc1. The number of morpholine rings is 1. The first-order valence-corrected chi connectivity index (χ1v) is 14.1. The Morgan fingerprint density at radius 2 is 1.84 bits per heavy atom. The second kappa shape index (κ2) is 13.9. The summed E-state index contributed by atoms with van der Waals surface area (Å²) in [6.07, 6.45) is 2.54. The molecule has 0 bridgehead atoms. The monoisotopic (exact) mass is 524 g/mol. The second-order valence-corrected chi connectivity index (χ2v) is 10.9. The van der Waals surface area contributed by atoms with Gasteiger partial charge < -0.3 is 29.2 Å². The Balaban J connectivity index is 1.58. The Morgan fingerprint density at radius 1 is 1.08 bits per heavy atom. The number of nitrogens with zero attached hydrogens (tertiary/aromatic N) is 3. The van der Waals surface area contributed by atoms with E-state index in [4.69, 9.17) is 9.47 Å². The summed E-state index contributed by atoms with van der Waals surface area (Å²) in [6, 6.07) is 14.3. The molecule has 1 aromatic carbocycles. The zero-order valence-electron chi connectivity index (χ0n) is 23.2. The van der Waals surface area contributed by atoms with Gasteiger partial charge in [0.05, 0.1) is 19.1 Å². The number of carbonyl (C=O) groups is 2. The molecule has 8 nitrogen and oxygen atoms in total. The summed E-state index contributed by atoms with van der Waals surface area (Å²) in [5, 5.41) is 3.47. The lowest BCUT2D eigenvalue weighted by Crippen LogP contribution is -2.56. The van der Waals surface area contributed by atoms with Crippen molar-refractivity contribution < 1.29 is 19.1 Å². The van der Waals surface area contributed by atoms with Crippen molar-refractivity contribution in [2.75, 3.05) is 59.7 Å². The van der Waals surface area contributed by atoms with Gasteiger partial charge in [-0.15, -0.1) is 0 Å². The van der Waals surface area contributed by atoms with Crippen LogP contribution in [0.1, 0.15) is 43.6 Å². The molecule has 38 heavy (non-hydrogen) atoms. The Bertz CT molecular complexity index is 1030. The van der Waals surface area contributed by atoms with Crippen molar-refractivity contribution in [3.8, 4) is 11.3 Å². The Kier molecular flexibility index (Phi) is 10.4. The van der Waals surface area contributed by atoms with Crippen LogP contribution in [0, 0.1) is 11.8 Å². The molecule has 2 fully saturated rings. The first-order valence-electron chi connectivity index (χ1n) is 14.1. The number of hydrogen-bond donors (Lipinski definition) is 1. The molecule has 2 unspecified atom stereocenters. The molecule has 2 aromatic rings. The van der Waals surface area contributed by atoms with E-state index in [0.29, 0.717) is 70.6 Å². The van der Waals surface area contributed by atoms with Gasteiger partial charge >= 0.3 is 0 Å². The number of hydrogen-bond acceptors (Lipinski definition) is 5. The first-order chi connectivity index (χ1) is 18.5. The molecule has 0 spiro atoms. The summed E-state index contributed by atoms with van der Waals surface area (Å²) in [5.74, 6) is 0.400. The molecule has 8 heteroatoms. The van der Waals surface area contributed by atoms with Crippen molar-refractivity contribution in [3.05, 3.63) is 48.2 Å². The number of nitrogens with one attached hydrogen (secondary N) is 1. The zero-order chi connectivity index (χ0) is 26.9. The summed E-state index contributed by atoms with van der Waals surface area (Å²) in [5.41, 5.74) is 2.87. The van der Waals surface area contributed by atoms with Crippen LogP contribution < -0.4 is 5.32 Å². The van der Waals surface area contributed by atoms with Gasteiger partial charge in [0.15, 0.2) is 0 Å². The summed E-state index contributed by atoms with van der Waals surface area (Å²) < 4.78 is 12.9. The maximum atomic E-state index is 14.3. The molecular formula is C30H44N4O4. The van der Waals surface area contributed by atoms with E-state index in [1.165, 1.54) is 0 Å². The molecule has 2 aliphatic heterocycles. The van der Waals surface area contributed by atoms with Gasteiger partial charge in [0, 0.05) is 64.7 Å². The molecule has 2 saturated heterocycles. The van der Waals surface area contributed by atoms with E-state index in [-0.39, 0.29) is 23.8 Å². The van der Waals surface area contributed by atoms with Crippen molar-refractivity contribution in [2.45, 2.75) is 45.7 Å². The van der Waals surface area contributed by atoms with Gasteiger partial charge in [0.25, 0.3) is 5.91 Å². The van der Waals surface area contributed by atoms with Gasteiger partial charge in [-0.1, -0.05) is 44.2 Å². The normalized spacial score (nSPS) is 20.1. The lowest BCUT2D eigenvalue weighted by Gasteiger charge is -2.40. The number of rotatable bonds is 11. The average molecular weight is 525 g/mol. The van der Waals surface area contributed by atoms with Crippen LogP contribution in [-0.4, -0.2) is 91.9 Å². The van der Waals surface area contributed by atoms with Crippen molar-refractivity contribution in [3.63, 3.8) is 0 Å². The van der Waals surface area contributed by atoms with Crippen LogP contribution in [-0.2, 0) is 20.8 Å². The zero-order valence-corrected chi connectivity index (χ0v) is 23.2. The lowest BCUT2D eigenvalue weighted by atomic mass is 9.92. The van der Waals surface area contributed by atoms with Crippen LogP contribution in [0.3, 0.4) is 0 Å². The number of aromatic nitrogens is 1. The number of benzene rings is 1. The number of amides is 2. The molecule has 0 radical (unpaired) electrons. The van der Waals surface area contributed by atoms with E-state index in [1.54, 1.807) is 7.11 Å². The minimum atomic E-state index is -0.130. The van der Waals surface area contributed by atoms with Gasteiger partial charge in [0.1, 0.15) is 5.69 Å². The van der Waals surface area contributed by atoms with E-state index >= 15 is 0 Å². The molecule has 1 N–H and O–H groups in total. The predicted molar refractivity (Wildman–Crippen MR) is 149 cm³/mol. The molecule has 2 aliphatic rings. The minimum absolute atomic E-state index is 0.0364. The number of carbonyl (C=O) groups excluding carboxylic acids is 2. The number of unbranched alkanes of at least 4 members (excludes halogenated alkanes) is 1. The van der Waals surface area contributed by atoms with E-state index in [0.717, 1.165) is 30.6 Å². The standard InChI is InChI=1S/C30H44N4O4/c1-23(2)22-34(26-19-25(20-31-21-26)29(35)32-14-17-38-18-15-32)30(36)28-12-11-27(24-9-5-4-6-10-24)33(28)13-7-8-16-37-3/h4-6,9-12,23,25-26,31H,7-8,13-22H2,1-3H3. The van der Waals surface area contributed by atoms with Gasteiger partial charge in [-0.3, -0.25) is 9.59 Å².